The molecule has 0 amide bonds. The van der Waals surface area contributed by atoms with Crippen molar-refractivity contribution in [2.75, 3.05) is 0 Å². The summed E-state index contributed by atoms with van der Waals surface area (Å²) in [5.74, 6) is -0.406. The largest absolute Gasteiger partial charge is 0.314 e. The minimum atomic E-state index is -0.406. The van der Waals surface area contributed by atoms with E-state index in [1.807, 2.05) is 36.5 Å². The number of hydrogen-bond acceptors (Lipinski definition) is 1. The molecule has 2 nitrogen and oxygen atoms in total. The average Bonchev–Trinajstić information content (AvgIpc) is 2.81. The van der Waals surface area contributed by atoms with Crippen molar-refractivity contribution < 1.29 is 4.39 Å². The molecule has 0 N–H and O–H groups in total. The minimum absolute atomic E-state index is 0.318. The summed E-state index contributed by atoms with van der Waals surface area (Å²) in [6.07, 6.45) is 1.82. The van der Waals surface area contributed by atoms with E-state index in [0.717, 1.165) is 15.4 Å². The van der Waals surface area contributed by atoms with E-state index in [2.05, 4.69) is 15.9 Å². The second-order valence-electron chi connectivity index (χ2n) is 4.17. The summed E-state index contributed by atoms with van der Waals surface area (Å²) in [7, 11) is 0. The molecular weight excluding hydrogens is 307 g/mol. The van der Waals surface area contributed by atoms with Crippen LogP contribution >= 0.6 is 15.9 Å². The monoisotopic (exact) mass is 314 g/mol. The van der Waals surface area contributed by atoms with Gasteiger partial charge in [-0.2, -0.15) is 5.26 Å². The predicted molar refractivity (Wildman–Crippen MR) is 75.6 cm³/mol. The summed E-state index contributed by atoms with van der Waals surface area (Å²) in [5.41, 5.74) is 1.67. The number of benzene rings is 2. The van der Waals surface area contributed by atoms with Crippen molar-refractivity contribution in [3.63, 3.8) is 0 Å². The molecule has 0 saturated heterocycles. The number of hydrogen-bond donors (Lipinski definition) is 0. The van der Waals surface area contributed by atoms with Gasteiger partial charge in [0.05, 0.1) is 22.8 Å². The zero-order chi connectivity index (χ0) is 13.4. The lowest BCUT2D eigenvalue weighted by molar-refractivity contribution is 0.619. The van der Waals surface area contributed by atoms with Crippen molar-refractivity contribution in [3.8, 4) is 11.8 Å². The quantitative estimate of drug-likeness (QED) is 0.654. The Bertz CT molecular complexity index is 815. The van der Waals surface area contributed by atoms with Crippen LogP contribution in [0, 0.1) is 17.1 Å². The van der Waals surface area contributed by atoms with Gasteiger partial charge in [0, 0.05) is 16.1 Å². The van der Waals surface area contributed by atoms with Crippen LogP contribution in [0.4, 0.5) is 4.39 Å². The first-order valence-corrected chi connectivity index (χ1v) is 6.45. The van der Waals surface area contributed by atoms with Crippen LogP contribution in [-0.2, 0) is 0 Å². The van der Waals surface area contributed by atoms with Gasteiger partial charge in [0.2, 0.25) is 0 Å². The number of fused-ring (bicyclic) bond motifs is 1. The lowest BCUT2D eigenvalue weighted by Gasteiger charge is -2.07. The minimum Gasteiger partial charge on any atom is -0.314 e. The third kappa shape index (κ3) is 2.02. The molecule has 0 unspecified atom stereocenters. The Labute approximate surface area is 117 Å². The summed E-state index contributed by atoms with van der Waals surface area (Å²) in [6, 6.07) is 14.2. The molecule has 3 aromatic rings. The maximum atomic E-state index is 14.0. The van der Waals surface area contributed by atoms with Gasteiger partial charge in [-0.15, -0.1) is 0 Å². The zero-order valence-corrected chi connectivity index (χ0v) is 11.4. The van der Waals surface area contributed by atoms with E-state index in [-0.39, 0.29) is 0 Å². The number of nitrogens with zero attached hydrogens (tertiary/aromatic N) is 2. The van der Waals surface area contributed by atoms with Crippen molar-refractivity contribution in [1.82, 2.24) is 4.57 Å². The molecule has 19 heavy (non-hydrogen) atoms. The molecule has 2 aromatic carbocycles. The van der Waals surface area contributed by atoms with Gasteiger partial charge in [0.1, 0.15) is 5.82 Å². The van der Waals surface area contributed by atoms with Gasteiger partial charge < -0.3 is 4.57 Å². The van der Waals surface area contributed by atoms with Crippen LogP contribution in [0.25, 0.3) is 16.6 Å². The van der Waals surface area contributed by atoms with E-state index in [4.69, 9.17) is 5.26 Å². The SMILES string of the molecule is N#Cc1ccc(-n2ccc3ccc(Br)cc32)c(F)c1. The summed E-state index contributed by atoms with van der Waals surface area (Å²) >= 11 is 3.42. The molecule has 4 heteroatoms. The van der Waals surface area contributed by atoms with E-state index in [1.165, 1.54) is 6.07 Å². The Morgan fingerprint density at radius 3 is 2.68 bits per heavy atom. The number of aromatic nitrogens is 1. The summed E-state index contributed by atoms with van der Waals surface area (Å²) in [4.78, 5) is 0. The third-order valence-electron chi connectivity index (χ3n) is 2.99. The molecular formula is C15H8BrFN2. The average molecular weight is 315 g/mol. The third-order valence-corrected chi connectivity index (χ3v) is 3.48. The van der Waals surface area contributed by atoms with Gasteiger partial charge in [0.25, 0.3) is 0 Å². The van der Waals surface area contributed by atoms with Gasteiger partial charge >= 0.3 is 0 Å². The first kappa shape index (κ1) is 11.9. The highest BCUT2D eigenvalue weighted by Crippen LogP contribution is 2.25. The van der Waals surface area contributed by atoms with E-state index in [9.17, 15) is 4.39 Å². The maximum Gasteiger partial charge on any atom is 0.148 e. The normalized spacial score (nSPS) is 10.6. The molecule has 0 saturated carbocycles. The van der Waals surface area contributed by atoms with Gasteiger partial charge in [-0.05, 0) is 36.4 Å². The van der Waals surface area contributed by atoms with Crippen LogP contribution in [0.3, 0.4) is 0 Å². The molecule has 1 heterocycles. The van der Waals surface area contributed by atoms with Crippen molar-refractivity contribution >= 4 is 26.8 Å². The smallest absolute Gasteiger partial charge is 0.148 e. The first-order chi connectivity index (χ1) is 9.19. The zero-order valence-electron chi connectivity index (χ0n) is 9.77. The molecule has 0 bridgehead atoms. The number of nitriles is 1. The number of halogens is 2. The van der Waals surface area contributed by atoms with E-state index in [0.29, 0.717) is 11.3 Å². The van der Waals surface area contributed by atoms with Gasteiger partial charge in [-0.1, -0.05) is 22.0 Å². The van der Waals surface area contributed by atoms with Crippen LogP contribution in [0.5, 0.6) is 0 Å². The Morgan fingerprint density at radius 2 is 1.95 bits per heavy atom. The molecule has 0 fully saturated rings. The molecule has 0 aliphatic heterocycles. The topological polar surface area (TPSA) is 28.7 Å². The van der Waals surface area contributed by atoms with Crippen molar-refractivity contribution in [2.24, 2.45) is 0 Å². The number of rotatable bonds is 1. The standard InChI is InChI=1S/C15H8BrFN2/c16-12-3-2-11-5-6-19(15(11)8-12)14-4-1-10(9-18)7-13(14)17/h1-8H. The first-order valence-electron chi connectivity index (χ1n) is 5.66. The molecule has 1 aromatic heterocycles. The molecule has 92 valence electrons. The Balaban J connectivity index is 2.25. The predicted octanol–water partition coefficient (Wildman–Crippen LogP) is 4.40. The fraction of sp³-hybridized carbons (Fsp3) is 0. The van der Waals surface area contributed by atoms with Gasteiger partial charge in [-0.3, -0.25) is 0 Å². The summed E-state index contributed by atoms with van der Waals surface area (Å²) < 4.78 is 16.8. The van der Waals surface area contributed by atoms with Gasteiger partial charge in [-0.25, -0.2) is 4.39 Å². The van der Waals surface area contributed by atoms with Gasteiger partial charge in [0.15, 0.2) is 0 Å². The lowest BCUT2D eigenvalue weighted by atomic mass is 10.2. The van der Waals surface area contributed by atoms with E-state index >= 15 is 0 Å². The Kier molecular flexibility index (Phi) is 2.84. The molecule has 3 rings (SSSR count). The molecule has 0 atom stereocenters. The molecule has 0 aliphatic rings. The lowest BCUT2D eigenvalue weighted by Crippen LogP contribution is -1.96. The fourth-order valence-electron chi connectivity index (χ4n) is 2.08. The van der Waals surface area contributed by atoms with Crippen molar-refractivity contribution in [1.29, 1.82) is 5.26 Å². The second-order valence-corrected chi connectivity index (χ2v) is 5.08. The maximum absolute atomic E-state index is 14.0. The highest BCUT2D eigenvalue weighted by molar-refractivity contribution is 9.10. The van der Waals surface area contributed by atoms with E-state index < -0.39 is 5.82 Å². The van der Waals surface area contributed by atoms with Crippen LogP contribution in [-0.4, -0.2) is 4.57 Å². The van der Waals surface area contributed by atoms with Crippen molar-refractivity contribution in [2.45, 2.75) is 0 Å². The molecule has 0 spiro atoms. The Hall–Kier alpha value is -2.12. The molecule has 0 radical (unpaired) electrons. The summed E-state index contributed by atoms with van der Waals surface area (Å²) in [6.45, 7) is 0. The van der Waals surface area contributed by atoms with Crippen molar-refractivity contribution in [3.05, 3.63) is 64.5 Å². The fourth-order valence-corrected chi connectivity index (χ4v) is 2.43. The Morgan fingerprint density at radius 1 is 1.11 bits per heavy atom. The van der Waals surface area contributed by atoms with Crippen LogP contribution < -0.4 is 0 Å². The van der Waals surface area contributed by atoms with Crippen LogP contribution in [0.1, 0.15) is 5.56 Å². The van der Waals surface area contributed by atoms with E-state index in [1.54, 1.807) is 16.7 Å². The summed E-state index contributed by atoms with van der Waals surface area (Å²) in [5, 5.41) is 9.80. The highest BCUT2D eigenvalue weighted by Gasteiger charge is 2.09. The van der Waals surface area contributed by atoms with Crippen LogP contribution in [0.15, 0.2) is 53.1 Å². The highest BCUT2D eigenvalue weighted by atomic mass is 79.9. The molecule has 0 aliphatic carbocycles. The second kappa shape index (κ2) is 4.52. The van der Waals surface area contributed by atoms with Crippen LogP contribution in [0.2, 0.25) is 0 Å².